The van der Waals surface area contributed by atoms with E-state index in [2.05, 4.69) is 31.0 Å². The van der Waals surface area contributed by atoms with Crippen molar-refractivity contribution in [3.63, 3.8) is 0 Å². The summed E-state index contributed by atoms with van der Waals surface area (Å²) in [4.78, 5) is 23.7. The van der Waals surface area contributed by atoms with Crippen LogP contribution in [0, 0.1) is 17.8 Å². The van der Waals surface area contributed by atoms with Gasteiger partial charge in [-0.05, 0) is 30.6 Å². The van der Waals surface area contributed by atoms with Crippen molar-refractivity contribution in [1.82, 2.24) is 10.2 Å². The summed E-state index contributed by atoms with van der Waals surface area (Å²) in [5, 5.41) is 7.81. The van der Waals surface area contributed by atoms with E-state index in [0.717, 1.165) is 12.8 Å². The molecule has 0 bridgehead atoms. The number of anilines is 1. The molecule has 1 aliphatic carbocycles. The number of nitrogens with zero attached hydrogens (tertiary/aromatic N) is 2. The first kappa shape index (κ1) is 20.0. The predicted molar refractivity (Wildman–Crippen MR) is 97.2 cm³/mol. The van der Waals surface area contributed by atoms with Crippen LogP contribution in [0.5, 0.6) is 0 Å². The number of thioether (sulfide) groups is 1. The average Bonchev–Trinajstić information content (AvgIpc) is 2.96. The summed E-state index contributed by atoms with van der Waals surface area (Å²) < 4.78 is 11.2. The molecule has 7 nitrogen and oxygen atoms in total. The fourth-order valence-electron chi connectivity index (χ4n) is 3.03. The number of nitrogen functional groups attached to an aromatic ring is 1. The zero-order valence-corrected chi connectivity index (χ0v) is 16.4. The molecule has 9 heteroatoms. The van der Waals surface area contributed by atoms with Crippen molar-refractivity contribution in [3.8, 4) is 0 Å². The number of carbonyl (C=O) groups is 2. The summed E-state index contributed by atoms with van der Waals surface area (Å²) in [6, 6.07) is 0. The lowest BCUT2D eigenvalue weighted by Crippen LogP contribution is -2.36. The Morgan fingerprint density at radius 3 is 2.72 bits per heavy atom. The summed E-state index contributed by atoms with van der Waals surface area (Å²) in [7, 11) is 0. The fraction of sp³-hybridized carbons (Fsp3) is 0.750. The van der Waals surface area contributed by atoms with Crippen LogP contribution in [-0.4, -0.2) is 40.6 Å². The third-order valence-corrected chi connectivity index (χ3v) is 6.19. The molecular weight excluding hydrogens is 362 g/mol. The van der Waals surface area contributed by atoms with E-state index in [1.54, 1.807) is 0 Å². The molecule has 1 saturated carbocycles. The van der Waals surface area contributed by atoms with E-state index in [4.69, 9.17) is 15.2 Å². The van der Waals surface area contributed by atoms with Crippen LogP contribution >= 0.6 is 23.1 Å². The van der Waals surface area contributed by atoms with Crippen LogP contribution in [0.1, 0.15) is 40.0 Å². The lowest BCUT2D eigenvalue weighted by atomic mass is 9.75. The van der Waals surface area contributed by atoms with Gasteiger partial charge in [-0.2, -0.15) is 0 Å². The van der Waals surface area contributed by atoms with E-state index in [1.165, 1.54) is 29.5 Å². The Labute approximate surface area is 156 Å². The highest BCUT2D eigenvalue weighted by Gasteiger charge is 2.33. The maximum Gasteiger partial charge on any atom is 0.344 e. The maximum absolute atomic E-state index is 12.0. The zero-order valence-electron chi connectivity index (χ0n) is 14.8. The van der Waals surface area contributed by atoms with Gasteiger partial charge in [-0.15, -0.1) is 10.2 Å². The van der Waals surface area contributed by atoms with Gasteiger partial charge in [-0.25, -0.2) is 4.79 Å². The number of ether oxygens (including phenoxy) is 2. The molecule has 25 heavy (non-hydrogen) atoms. The molecule has 2 rings (SSSR count). The number of esters is 2. The quantitative estimate of drug-likeness (QED) is 0.562. The summed E-state index contributed by atoms with van der Waals surface area (Å²) >= 11 is 2.38. The van der Waals surface area contributed by atoms with Crippen molar-refractivity contribution in [2.45, 2.75) is 50.5 Å². The summed E-state index contributed by atoms with van der Waals surface area (Å²) in [5.74, 6) is 0.456. The fourth-order valence-corrected chi connectivity index (χ4v) is 4.47. The number of aromatic nitrogens is 2. The molecule has 0 spiro atoms. The molecule has 0 aliphatic heterocycles. The number of hydrogen-bond acceptors (Lipinski definition) is 9. The zero-order chi connectivity index (χ0) is 18.4. The Balaban J connectivity index is 1.72. The van der Waals surface area contributed by atoms with Gasteiger partial charge in [-0.1, -0.05) is 50.3 Å². The van der Waals surface area contributed by atoms with Crippen molar-refractivity contribution in [3.05, 3.63) is 0 Å². The molecule has 0 amide bonds. The molecule has 1 fully saturated rings. The molecule has 3 atom stereocenters. The van der Waals surface area contributed by atoms with Crippen LogP contribution in [0.4, 0.5) is 5.13 Å². The third kappa shape index (κ3) is 6.47. The summed E-state index contributed by atoms with van der Waals surface area (Å²) in [6.07, 6.45) is 3.02. The molecule has 2 N–H and O–H groups in total. The monoisotopic (exact) mass is 387 g/mol. The first-order valence-electron chi connectivity index (χ1n) is 8.42. The smallest absolute Gasteiger partial charge is 0.344 e. The molecule has 0 saturated heterocycles. The molecule has 1 aliphatic rings. The Morgan fingerprint density at radius 2 is 2.08 bits per heavy atom. The van der Waals surface area contributed by atoms with Crippen molar-refractivity contribution in [2.24, 2.45) is 17.8 Å². The van der Waals surface area contributed by atoms with Crippen LogP contribution < -0.4 is 5.73 Å². The lowest BCUT2D eigenvalue weighted by Gasteiger charge is -2.36. The van der Waals surface area contributed by atoms with E-state index >= 15 is 0 Å². The molecule has 0 aromatic carbocycles. The van der Waals surface area contributed by atoms with Gasteiger partial charge in [0, 0.05) is 0 Å². The predicted octanol–water partition coefficient (Wildman–Crippen LogP) is 2.76. The molecule has 140 valence electrons. The van der Waals surface area contributed by atoms with Crippen molar-refractivity contribution in [2.75, 3.05) is 18.1 Å². The summed E-state index contributed by atoms with van der Waals surface area (Å²) in [5.41, 5.74) is 5.47. The molecular formula is C16H25N3O4S2. The van der Waals surface area contributed by atoms with Gasteiger partial charge in [0.05, 0.1) is 5.75 Å². The standard InChI is InChI=1S/C16H25N3O4S2/c1-9(2)11-5-4-10(3)6-12(11)23-13(20)7-22-14(21)8-24-16-19-18-15(17)25-16/h9-12H,4-8H2,1-3H3,(H2,17,18)/t10-,11-,12+/m1/s1. The lowest BCUT2D eigenvalue weighted by molar-refractivity contribution is -0.166. The maximum atomic E-state index is 12.0. The minimum Gasteiger partial charge on any atom is -0.460 e. The van der Waals surface area contributed by atoms with Crippen LogP contribution in [-0.2, 0) is 19.1 Å². The van der Waals surface area contributed by atoms with Gasteiger partial charge in [0.2, 0.25) is 5.13 Å². The van der Waals surface area contributed by atoms with Gasteiger partial charge in [0.1, 0.15) is 6.10 Å². The third-order valence-electron chi connectivity index (χ3n) is 4.33. The molecule has 1 aromatic rings. The topological polar surface area (TPSA) is 104 Å². The SMILES string of the molecule is CC(C)[C@H]1CC[C@@H](C)C[C@@H]1OC(=O)COC(=O)CSc1nnc(N)s1. The van der Waals surface area contributed by atoms with Crippen LogP contribution in [0.15, 0.2) is 4.34 Å². The molecule has 0 radical (unpaired) electrons. The second kappa shape index (κ2) is 9.38. The Hall–Kier alpha value is -1.35. The average molecular weight is 388 g/mol. The molecule has 0 unspecified atom stereocenters. The van der Waals surface area contributed by atoms with Crippen LogP contribution in [0.25, 0.3) is 0 Å². The highest BCUT2D eigenvalue weighted by Crippen LogP contribution is 2.35. The normalized spacial score (nSPS) is 23.4. The number of nitrogens with two attached hydrogens (primary N) is 1. The number of carbonyl (C=O) groups excluding carboxylic acids is 2. The van der Waals surface area contributed by atoms with E-state index in [0.29, 0.717) is 27.2 Å². The van der Waals surface area contributed by atoms with Crippen LogP contribution in [0.3, 0.4) is 0 Å². The highest BCUT2D eigenvalue weighted by atomic mass is 32.2. The largest absolute Gasteiger partial charge is 0.460 e. The minimum atomic E-state index is -0.492. The molecule has 1 aromatic heterocycles. The first-order valence-corrected chi connectivity index (χ1v) is 10.2. The van der Waals surface area contributed by atoms with Gasteiger partial charge >= 0.3 is 11.9 Å². The van der Waals surface area contributed by atoms with E-state index in [-0.39, 0.29) is 18.5 Å². The molecule has 1 heterocycles. The highest BCUT2D eigenvalue weighted by molar-refractivity contribution is 8.01. The van der Waals surface area contributed by atoms with Crippen LogP contribution in [0.2, 0.25) is 0 Å². The van der Waals surface area contributed by atoms with E-state index in [1.807, 2.05) is 0 Å². The van der Waals surface area contributed by atoms with Crippen molar-refractivity contribution < 1.29 is 19.1 Å². The number of hydrogen-bond donors (Lipinski definition) is 1. The van der Waals surface area contributed by atoms with Gasteiger partial charge in [-0.3, -0.25) is 4.79 Å². The summed E-state index contributed by atoms with van der Waals surface area (Å²) in [6.45, 7) is 6.13. The Kier molecular flexibility index (Phi) is 7.49. The Morgan fingerprint density at radius 1 is 1.32 bits per heavy atom. The van der Waals surface area contributed by atoms with Gasteiger partial charge < -0.3 is 15.2 Å². The second-order valence-electron chi connectivity index (χ2n) is 6.71. The van der Waals surface area contributed by atoms with Gasteiger partial charge in [0.15, 0.2) is 10.9 Å². The first-order chi connectivity index (χ1) is 11.8. The van der Waals surface area contributed by atoms with E-state index < -0.39 is 11.9 Å². The minimum absolute atomic E-state index is 0.0526. The number of rotatable bonds is 7. The van der Waals surface area contributed by atoms with Gasteiger partial charge in [0.25, 0.3) is 0 Å². The van der Waals surface area contributed by atoms with E-state index in [9.17, 15) is 9.59 Å². The second-order valence-corrected chi connectivity index (χ2v) is 8.94. The van der Waals surface area contributed by atoms with Crippen molar-refractivity contribution >= 4 is 40.2 Å². The van der Waals surface area contributed by atoms with Crippen molar-refractivity contribution in [1.29, 1.82) is 0 Å². The Bertz CT molecular complexity index is 594.